The third-order valence-electron chi connectivity index (χ3n) is 7.00. The van der Waals surface area contributed by atoms with Crippen LogP contribution in [0.15, 0.2) is 18.7 Å². The van der Waals surface area contributed by atoms with Gasteiger partial charge in [-0.05, 0) is 46.6 Å². The minimum absolute atomic E-state index is 0.161. The molecule has 1 saturated carbocycles. The zero-order chi connectivity index (χ0) is 22.9. The summed E-state index contributed by atoms with van der Waals surface area (Å²) in [7, 11) is 2.22. The number of piperidine rings is 1. The number of hydrogen-bond acceptors (Lipinski definition) is 8. The van der Waals surface area contributed by atoms with E-state index in [1.54, 1.807) is 18.7 Å². The molecule has 0 radical (unpaired) electrons. The molecule has 2 saturated heterocycles. The van der Waals surface area contributed by atoms with Crippen molar-refractivity contribution in [3.63, 3.8) is 0 Å². The van der Waals surface area contributed by atoms with Gasteiger partial charge in [0.15, 0.2) is 11.2 Å². The van der Waals surface area contributed by atoms with Gasteiger partial charge in [-0.25, -0.2) is 19.9 Å². The summed E-state index contributed by atoms with van der Waals surface area (Å²) in [5.74, 6) is 2.57. The Morgan fingerprint density at radius 1 is 1.12 bits per heavy atom. The highest BCUT2D eigenvalue weighted by Gasteiger charge is 2.43. The van der Waals surface area contributed by atoms with Gasteiger partial charge in [-0.2, -0.15) is 4.98 Å². The van der Waals surface area contributed by atoms with Crippen molar-refractivity contribution in [1.82, 2.24) is 34.4 Å². The van der Waals surface area contributed by atoms with Gasteiger partial charge in [0.1, 0.15) is 30.4 Å². The van der Waals surface area contributed by atoms with Gasteiger partial charge in [-0.1, -0.05) is 6.42 Å². The molecule has 0 N–H and O–H groups in total. The number of carbonyl (C=O) groups excluding carboxylic acids is 1. The number of nitrogens with zero attached hydrogens (tertiary/aromatic N) is 7. The number of ether oxygens (including phenoxy) is 1. The summed E-state index contributed by atoms with van der Waals surface area (Å²) in [4.78, 5) is 34.5. The molecule has 9 heteroatoms. The summed E-state index contributed by atoms with van der Waals surface area (Å²) in [6.45, 7) is 4.70. The summed E-state index contributed by atoms with van der Waals surface area (Å²) in [6.07, 6.45) is 13.4. The van der Waals surface area contributed by atoms with Crippen molar-refractivity contribution >= 4 is 17.5 Å². The Bertz CT molecular complexity index is 1130. The minimum atomic E-state index is 0.161. The number of fused-ring (bicyclic) bond motifs is 3. The standard InChI is InChI=1S/C20H25N7O.C4H6O/c1-4-27-18(13-9-21-12(2)22-10-13)25-17-19(27)23-11-24-20(17)28-16-8-14-6-5-7-15(16)26(14)3;5-3-4-1-2-4/h9-11,14-16H,4-8H2,1-3H3;3-4H,1-2H2. The van der Waals surface area contributed by atoms with Crippen molar-refractivity contribution in [2.24, 2.45) is 5.92 Å². The Morgan fingerprint density at radius 3 is 2.55 bits per heavy atom. The van der Waals surface area contributed by atoms with Crippen molar-refractivity contribution in [3.05, 3.63) is 24.5 Å². The molecule has 3 unspecified atom stereocenters. The van der Waals surface area contributed by atoms with E-state index in [4.69, 9.17) is 9.72 Å². The van der Waals surface area contributed by atoms with Crippen molar-refractivity contribution in [1.29, 1.82) is 0 Å². The van der Waals surface area contributed by atoms with Gasteiger partial charge in [0, 0.05) is 43.4 Å². The molecule has 3 aromatic heterocycles. The van der Waals surface area contributed by atoms with Crippen LogP contribution in [0.2, 0.25) is 0 Å². The highest BCUT2D eigenvalue weighted by molar-refractivity contribution is 5.81. The number of aldehydes is 1. The maximum atomic E-state index is 9.57. The Hall–Kier alpha value is -2.94. The van der Waals surface area contributed by atoms with E-state index in [1.165, 1.54) is 19.3 Å². The van der Waals surface area contributed by atoms with Crippen LogP contribution >= 0.6 is 0 Å². The van der Waals surface area contributed by atoms with Crippen molar-refractivity contribution < 1.29 is 9.53 Å². The highest BCUT2D eigenvalue weighted by atomic mass is 16.5. The second kappa shape index (κ2) is 9.13. The van der Waals surface area contributed by atoms with E-state index in [-0.39, 0.29) is 6.10 Å². The fourth-order valence-corrected chi connectivity index (χ4v) is 4.93. The Balaban J connectivity index is 0.000000406. The molecule has 9 nitrogen and oxygen atoms in total. The normalized spacial score (nSPS) is 24.4. The van der Waals surface area contributed by atoms with Gasteiger partial charge in [-0.3, -0.25) is 4.90 Å². The first kappa shape index (κ1) is 21.9. The summed E-state index contributed by atoms with van der Waals surface area (Å²) in [5.41, 5.74) is 2.37. The van der Waals surface area contributed by atoms with Gasteiger partial charge in [0.25, 0.3) is 0 Å². The van der Waals surface area contributed by atoms with Gasteiger partial charge < -0.3 is 14.1 Å². The summed E-state index contributed by atoms with van der Waals surface area (Å²) in [6, 6.07) is 1.08. The topological polar surface area (TPSA) is 98.9 Å². The highest BCUT2D eigenvalue weighted by Crippen LogP contribution is 2.37. The second-order valence-corrected chi connectivity index (χ2v) is 9.23. The van der Waals surface area contributed by atoms with E-state index < -0.39 is 0 Å². The quantitative estimate of drug-likeness (QED) is 0.548. The van der Waals surface area contributed by atoms with Gasteiger partial charge in [0.2, 0.25) is 5.88 Å². The van der Waals surface area contributed by atoms with Gasteiger partial charge in [0.05, 0.1) is 5.56 Å². The van der Waals surface area contributed by atoms with Crippen molar-refractivity contribution in [2.75, 3.05) is 7.05 Å². The average molecular weight is 450 g/mol. The number of aryl methyl sites for hydroxylation is 2. The van der Waals surface area contributed by atoms with Crippen molar-refractivity contribution in [2.45, 2.75) is 77.1 Å². The molecule has 6 rings (SSSR count). The van der Waals surface area contributed by atoms with Crippen LogP contribution in [-0.4, -0.2) is 65.9 Å². The van der Waals surface area contributed by atoms with Gasteiger partial charge >= 0.3 is 0 Å². The van der Waals surface area contributed by atoms with E-state index in [1.807, 2.05) is 6.92 Å². The van der Waals surface area contributed by atoms with Crippen LogP contribution in [0.3, 0.4) is 0 Å². The fourth-order valence-electron chi connectivity index (χ4n) is 4.93. The van der Waals surface area contributed by atoms with E-state index in [0.717, 1.165) is 55.0 Å². The van der Waals surface area contributed by atoms with Crippen LogP contribution < -0.4 is 4.74 Å². The number of likely N-dealkylation sites (N-methyl/N-ethyl adjacent to an activating group) is 1. The first-order chi connectivity index (χ1) is 16.1. The van der Waals surface area contributed by atoms with E-state index >= 15 is 0 Å². The average Bonchev–Trinajstić information content (AvgIpc) is 3.58. The lowest BCUT2D eigenvalue weighted by Gasteiger charge is -2.31. The molecule has 5 heterocycles. The van der Waals surface area contributed by atoms with Gasteiger partial charge in [-0.15, -0.1) is 0 Å². The lowest BCUT2D eigenvalue weighted by Crippen LogP contribution is -2.40. The van der Waals surface area contributed by atoms with Crippen LogP contribution in [0.5, 0.6) is 5.88 Å². The van der Waals surface area contributed by atoms with Crippen LogP contribution in [0.1, 0.15) is 51.3 Å². The minimum Gasteiger partial charge on any atom is -0.471 e. The van der Waals surface area contributed by atoms with Crippen LogP contribution in [0, 0.1) is 12.8 Å². The largest absolute Gasteiger partial charge is 0.471 e. The van der Waals surface area contributed by atoms with E-state index in [9.17, 15) is 4.79 Å². The predicted octanol–water partition coefficient (Wildman–Crippen LogP) is 3.21. The number of carbonyl (C=O) groups is 1. The van der Waals surface area contributed by atoms with Crippen LogP contribution in [0.25, 0.3) is 22.6 Å². The second-order valence-electron chi connectivity index (χ2n) is 9.23. The summed E-state index contributed by atoms with van der Waals surface area (Å²) >= 11 is 0. The monoisotopic (exact) mass is 449 g/mol. The molecule has 3 atom stereocenters. The Labute approximate surface area is 193 Å². The lowest BCUT2D eigenvalue weighted by molar-refractivity contribution is -0.108. The van der Waals surface area contributed by atoms with E-state index in [0.29, 0.717) is 29.4 Å². The number of hydrogen-bond donors (Lipinski definition) is 0. The fraction of sp³-hybridized carbons (Fsp3) is 0.583. The number of aromatic nitrogens is 6. The molecule has 1 aliphatic carbocycles. The Morgan fingerprint density at radius 2 is 1.91 bits per heavy atom. The smallest absolute Gasteiger partial charge is 0.245 e. The van der Waals surface area contributed by atoms with E-state index in [2.05, 4.69) is 43.4 Å². The van der Waals surface area contributed by atoms with Crippen LogP contribution in [0.4, 0.5) is 0 Å². The molecule has 2 bridgehead atoms. The Kier molecular flexibility index (Phi) is 6.05. The molecular formula is C24H31N7O2. The third kappa shape index (κ3) is 4.34. The molecule has 2 aliphatic heterocycles. The van der Waals surface area contributed by atoms with Crippen LogP contribution in [-0.2, 0) is 11.3 Å². The summed E-state index contributed by atoms with van der Waals surface area (Å²) < 4.78 is 8.51. The molecule has 0 spiro atoms. The molecule has 3 fully saturated rings. The molecule has 3 aliphatic rings. The SMILES string of the molecule is CCn1c(-c2cnc(C)nc2)nc2c(OC3CC4CCCC3N4C)ncnc21.O=CC1CC1. The molecule has 174 valence electrons. The molecular weight excluding hydrogens is 418 g/mol. The molecule has 3 aromatic rings. The first-order valence-electron chi connectivity index (χ1n) is 11.9. The number of rotatable bonds is 5. The zero-order valence-corrected chi connectivity index (χ0v) is 19.5. The maximum Gasteiger partial charge on any atom is 0.245 e. The lowest BCUT2D eigenvalue weighted by atomic mass is 10.0. The summed E-state index contributed by atoms with van der Waals surface area (Å²) in [5, 5.41) is 0. The first-order valence-corrected chi connectivity index (χ1v) is 11.9. The maximum absolute atomic E-state index is 9.57. The predicted molar refractivity (Wildman–Crippen MR) is 124 cm³/mol. The number of imidazole rings is 1. The molecule has 0 aromatic carbocycles. The molecule has 33 heavy (non-hydrogen) atoms. The molecule has 0 amide bonds. The zero-order valence-electron chi connectivity index (χ0n) is 19.5. The van der Waals surface area contributed by atoms with Crippen molar-refractivity contribution in [3.8, 4) is 17.3 Å². The third-order valence-corrected chi connectivity index (χ3v) is 7.00.